The van der Waals surface area contributed by atoms with Gasteiger partial charge >= 0.3 is 0 Å². The van der Waals surface area contributed by atoms with Gasteiger partial charge in [-0.3, -0.25) is 9.78 Å². The number of carbonyl (C=O) groups is 1. The van der Waals surface area contributed by atoms with Crippen molar-refractivity contribution in [3.63, 3.8) is 0 Å². The average Bonchev–Trinajstić information content (AvgIpc) is 2.65. The number of anilines is 1. The first-order valence-electron chi connectivity index (χ1n) is 9.40. The molecule has 0 aliphatic heterocycles. The summed E-state index contributed by atoms with van der Waals surface area (Å²) < 4.78 is 0. The van der Waals surface area contributed by atoms with Crippen LogP contribution in [0.1, 0.15) is 43.9 Å². The van der Waals surface area contributed by atoms with Gasteiger partial charge in [-0.15, -0.1) is 0 Å². The predicted molar refractivity (Wildman–Crippen MR) is 105 cm³/mol. The summed E-state index contributed by atoms with van der Waals surface area (Å²) in [6.45, 7) is 6.31. The minimum atomic E-state index is -0.464. The van der Waals surface area contributed by atoms with E-state index in [4.69, 9.17) is 5.73 Å². The van der Waals surface area contributed by atoms with Crippen LogP contribution in [0.4, 0.5) is 5.82 Å². The largest absolute Gasteiger partial charge is 0.320 e. The number of amides is 1. The molecule has 0 radical (unpaired) electrons. The Hall–Kier alpha value is -2.27. The minimum absolute atomic E-state index is 0.138. The number of nitrogens with two attached hydrogens (primary N) is 1. The Morgan fingerprint density at radius 2 is 1.88 bits per heavy atom. The molecule has 1 saturated carbocycles. The second-order valence-corrected chi connectivity index (χ2v) is 7.54. The van der Waals surface area contributed by atoms with Gasteiger partial charge in [-0.25, -0.2) is 4.98 Å². The zero-order valence-corrected chi connectivity index (χ0v) is 15.8. The van der Waals surface area contributed by atoms with Crippen molar-refractivity contribution < 1.29 is 4.79 Å². The van der Waals surface area contributed by atoms with Gasteiger partial charge in [-0.1, -0.05) is 19.8 Å². The topological polar surface area (TPSA) is 80.9 Å². The van der Waals surface area contributed by atoms with Crippen LogP contribution in [0.15, 0.2) is 30.6 Å². The first-order valence-corrected chi connectivity index (χ1v) is 9.40. The van der Waals surface area contributed by atoms with Gasteiger partial charge in [0, 0.05) is 23.7 Å². The number of pyridine rings is 2. The molecule has 3 N–H and O–H groups in total. The summed E-state index contributed by atoms with van der Waals surface area (Å²) in [7, 11) is 0. The molecule has 2 aromatic rings. The second kappa shape index (κ2) is 7.96. The summed E-state index contributed by atoms with van der Waals surface area (Å²) in [5, 5.41) is 2.87. The monoisotopic (exact) mass is 352 g/mol. The Bertz CT molecular complexity index is 764. The zero-order chi connectivity index (χ0) is 18.7. The predicted octanol–water partition coefficient (Wildman–Crippen LogP) is 3.85. The molecule has 0 spiro atoms. The number of rotatable bonds is 4. The average molecular weight is 352 g/mol. The van der Waals surface area contributed by atoms with Gasteiger partial charge in [-0.05, 0) is 67.9 Å². The van der Waals surface area contributed by atoms with Crippen LogP contribution >= 0.6 is 0 Å². The van der Waals surface area contributed by atoms with Gasteiger partial charge < -0.3 is 11.1 Å². The SMILES string of the molecule is Cc1nccc(-c2ccc(NC(=O)[C@@H](N)C3CCC(C)CC3)nc2)c1C. The number of hydrogen-bond donors (Lipinski definition) is 2. The van der Waals surface area contributed by atoms with Gasteiger partial charge in [0.05, 0.1) is 6.04 Å². The Balaban J connectivity index is 1.65. The second-order valence-electron chi connectivity index (χ2n) is 7.54. The van der Waals surface area contributed by atoms with Crippen molar-refractivity contribution in [2.24, 2.45) is 17.6 Å². The van der Waals surface area contributed by atoms with Crippen LogP contribution in [0.25, 0.3) is 11.1 Å². The molecule has 0 saturated heterocycles. The third-order valence-corrected chi connectivity index (χ3v) is 5.65. The van der Waals surface area contributed by atoms with E-state index < -0.39 is 6.04 Å². The van der Waals surface area contributed by atoms with E-state index in [9.17, 15) is 4.79 Å². The van der Waals surface area contributed by atoms with Crippen molar-refractivity contribution in [3.05, 3.63) is 41.9 Å². The zero-order valence-electron chi connectivity index (χ0n) is 15.8. The Morgan fingerprint density at radius 3 is 2.54 bits per heavy atom. The maximum atomic E-state index is 12.5. The van der Waals surface area contributed by atoms with Gasteiger partial charge in [0.25, 0.3) is 0 Å². The van der Waals surface area contributed by atoms with Gasteiger partial charge in [0.1, 0.15) is 5.82 Å². The van der Waals surface area contributed by atoms with Gasteiger partial charge in [0.15, 0.2) is 0 Å². The van der Waals surface area contributed by atoms with E-state index >= 15 is 0 Å². The highest BCUT2D eigenvalue weighted by molar-refractivity contribution is 5.94. The molecule has 5 heteroatoms. The van der Waals surface area contributed by atoms with E-state index in [1.54, 1.807) is 12.4 Å². The number of carbonyl (C=O) groups excluding carboxylic acids is 1. The first kappa shape index (κ1) is 18.5. The minimum Gasteiger partial charge on any atom is -0.320 e. The van der Waals surface area contributed by atoms with Crippen molar-refractivity contribution in [1.29, 1.82) is 0 Å². The lowest BCUT2D eigenvalue weighted by molar-refractivity contribution is -0.118. The van der Waals surface area contributed by atoms with Crippen LogP contribution in [-0.4, -0.2) is 21.9 Å². The lowest BCUT2D eigenvalue weighted by atomic mass is 9.79. The van der Waals surface area contributed by atoms with E-state index in [1.165, 1.54) is 0 Å². The van der Waals surface area contributed by atoms with Crippen molar-refractivity contribution in [2.75, 3.05) is 5.32 Å². The Labute approximate surface area is 155 Å². The number of aromatic nitrogens is 2. The number of nitrogens with zero attached hydrogens (tertiary/aromatic N) is 2. The van der Waals surface area contributed by atoms with Crippen LogP contribution in [0.3, 0.4) is 0 Å². The van der Waals surface area contributed by atoms with Gasteiger partial charge in [-0.2, -0.15) is 0 Å². The van der Waals surface area contributed by atoms with Crippen molar-refractivity contribution in [3.8, 4) is 11.1 Å². The highest BCUT2D eigenvalue weighted by Gasteiger charge is 2.28. The number of aryl methyl sites for hydroxylation is 1. The van der Waals surface area contributed by atoms with Gasteiger partial charge in [0.2, 0.25) is 5.91 Å². The standard InChI is InChI=1S/C21H28N4O/c1-13-4-6-16(7-5-13)20(22)21(26)25-19-9-8-17(12-24-19)18-10-11-23-15(3)14(18)2/h8-13,16,20H,4-7,22H2,1-3H3,(H,24,25,26)/t13?,16?,20-/m0/s1. The fourth-order valence-corrected chi connectivity index (χ4v) is 3.65. The quantitative estimate of drug-likeness (QED) is 0.876. The molecule has 1 fully saturated rings. The highest BCUT2D eigenvalue weighted by atomic mass is 16.2. The van der Waals surface area contributed by atoms with Crippen LogP contribution in [-0.2, 0) is 4.79 Å². The summed E-state index contributed by atoms with van der Waals surface area (Å²) >= 11 is 0. The molecule has 5 nitrogen and oxygen atoms in total. The Kier molecular flexibility index (Phi) is 5.67. The van der Waals surface area contributed by atoms with E-state index in [0.29, 0.717) is 5.82 Å². The van der Waals surface area contributed by atoms with E-state index in [2.05, 4.69) is 29.1 Å². The third kappa shape index (κ3) is 4.10. The molecular weight excluding hydrogens is 324 g/mol. The normalized spacial score (nSPS) is 21.2. The molecular formula is C21H28N4O. The molecule has 1 amide bonds. The molecule has 1 aliphatic rings. The van der Waals surface area contributed by atoms with Crippen molar-refractivity contribution in [2.45, 2.75) is 52.5 Å². The fourth-order valence-electron chi connectivity index (χ4n) is 3.65. The maximum absolute atomic E-state index is 12.5. The van der Waals surface area contributed by atoms with Crippen molar-refractivity contribution in [1.82, 2.24) is 9.97 Å². The lowest BCUT2D eigenvalue weighted by Crippen LogP contribution is -2.43. The first-order chi connectivity index (χ1) is 12.5. The van der Waals surface area contributed by atoms with Crippen LogP contribution in [0, 0.1) is 25.7 Å². The molecule has 138 valence electrons. The maximum Gasteiger partial charge on any atom is 0.242 e. The van der Waals surface area contributed by atoms with E-state index in [-0.39, 0.29) is 11.8 Å². The molecule has 0 unspecified atom stereocenters. The van der Waals surface area contributed by atoms with E-state index in [0.717, 1.165) is 54.0 Å². The molecule has 0 bridgehead atoms. The van der Waals surface area contributed by atoms with Crippen LogP contribution in [0.5, 0.6) is 0 Å². The Morgan fingerprint density at radius 1 is 1.15 bits per heavy atom. The molecule has 26 heavy (non-hydrogen) atoms. The summed E-state index contributed by atoms with van der Waals surface area (Å²) in [4.78, 5) is 21.2. The third-order valence-electron chi connectivity index (χ3n) is 5.65. The number of nitrogens with one attached hydrogen (secondary N) is 1. The van der Waals surface area contributed by atoms with Crippen LogP contribution in [0.2, 0.25) is 0 Å². The number of hydrogen-bond acceptors (Lipinski definition) is 4. The summed E-state index contributed by atoms with van der Waals surface area (Å²) in [5.74, 6) is 1.42. The molecule has 2 aromatic heterocycles. The van der Waals surface area contributed by atoms with Crippen LogP contribution < -0.4 is 11.1 Å². The summed E-state index contributed by atoms with van der Waals surface area (Å²) in [6, 6.07) is 5.32. The highest BCUT2D eigenvalue weighted by Crippen LogP contribution is 2.30. The van der Waals surface area contributed by atoms with E-state index in [1.807, 2.05) is 25.1 Å². The van der Waals surface area contributed by atoms with Crippen molar-refractivity contribution >= 4 is 11.7 Å². The lowest BCUT2D eigenvalue weighted by Gasteiger charge is -2.29. The fraction of sp³-hybridized carbons (Fsp3) is 0.476. The molecule has 1 atom stereocenters. The molecule has 2 heterocycles. The smallest absolute Gasteiger partial charge is 0.242 e. The summed E-state index contributed by atoms with van der Waals surface area (Å²) in [5.41, 5.74) is 10.5. The molecule has 1 aliphatic carbocycles. The molecule has 0 aromatic carbocycles. The summed E-state index contributed by atoms with van der Waals surface area (Å²) in [6.07, 6.45) is 7.96. The molecule has 3 rings (SSSR count).